The Morgan fingerprint density at radius 3 is 2.10 bits per heavy atom. The molecule has 4 bridgehead atoms. The van der Waals surface area contributed by atoms with E-state index < -0.39 is 16.1 Å². The maximum Gasteiger partial charge on any atom is 0.242 e. The predicted molar refractivity (Wildman–Crippen MR) is 113 cm³/mol. The molecule has 0 saturated heterocycles. The highest BCUT2D eigenvalue weighted by atomic mass is 32.2. The average molecular weight is 434 g/mol. The molecule has 164 valence electrons. The van der Waals surface area contributed by atoms with E-state index in [-0.39, 0.29) is 22.1 Å². The highest BCUT2D eigenvalue weighted by Crippen LogP contribution is 2.60. The van der Waals surface area contributed by atoms with Gasteiger partial charge in [0.2, 0.25) is 21.8 Å². The quantitative estimate of drug-likeness (QED) is 0.606. The zero-order valence-corrected chi connectivity index (χ0v) is 18.2. The minimum absolute atomic E-state index is 0.0582. The monoisotopic (exact) mass is 433 g/mol. The molecule has 0 heterocycles. The minimum atomic E-state index is -3.70. The molecule has 4 saturated carbocycles. The average Bonchev–Trinajstić information content (AvgIpc) is 2.66. The van der Waals surface area contributed by atoms with E-state index >= 15 is 0 Å². The standard InChI is InChI=1S/C22H31N3O4S/c1-14(20(26)24-7-6-15-2-4-19(5-3-15)30(23,28)29)25-21(27)22-11-16-8-17(12-22)10-18(9-16)13-22/h2-5,14,16-18H,6-13H2,1H3,(H,24,26)(H,25,27)(H2,23,28,29)/t14-,16?,17?,18?,22?/m0/s1. The maximum atomic E-state index is 13.1. The minimum Gasteiger partial charge on any atom is -0.354 e. The number of amides is 2. The lowest BCUT2D eigenvalue weighted by molar-refractivity contribution is -0.148. The van der Waals surface area contributed by atoms with Crippen LogP contribution in [0.25, 0.3) is 0 Å². The van der Waals surface area contributed by atoms with Gasteiger partial charge >= 0.3 is 0 Å². The van der Waals surface area contributed by atoms with Crippen molar-refractivity contribution in [2.24, 2.45) is 28.3 Å². The Labute approximate surface area is 178 Å². The Morgan fingerprint density at radius 2 is 1.60 bits per heavy atom. The molecule has 1 atom stereocenters. The van der Waals surface area contributed by atoms with Crippen LogP contribution in [0.15, 0.2) is 29.2 Å². The molecular weight excluding hydrogens is 402 g/mol. The van der Waals surface area contributed by atoms with Gasteiger partial charge in [-0.05, 0) is 87.3 Å². The lowest BCUT2D eigenvalue weighted by Gasteiger charge is -2.55. The molecule has 0 unspecified atom stereocenters. The highest BCUT2D eigenvalue weighted by molar-refractivity contribution is 7.89. The lowest BCUT2D eigenvalue weighted by atomic mass is 9.49. The number of nitrogens with two attached hydrogens (primary N) is 1. The van der Waals surface area contributed by atoms with Gasteiger partial charge < -0.3 is 10.6 Å². The Bertz CT molecular complexity index is 891. The molecule has 1 aromatic rings. The van der Waals surface area contributed by atoms with Gasteiger partial charge in [-0.15, -0.1) is 0 Å². The van der Waals surface area contributed by atoms with E-state index in [1.807, 2.05) is 0 Å². The molecule has 0 radical (unpaired) electrons. The van der Waals surface area contributed by atoms with Crippen LogP contribution in [-0.2, 0) is 26.0 Å². The first kappa shape index (κ1) is 21.3. The molecule has 0 aliphatic heterocycles. The Hall–Kier alpha value is -1.93. The van der Waals surface area contributed by atoms with Crippen LogP contribution in [-0.4, -0.2) is 32.8 Å². The zero-order valence-electron chi connectivity index (χ0n) is 17.4. The van der Waals surface area contributed by atoms with Crippen LogP contribution in [0.5, 0.6) is 0 Å². The number of carbonyl (C=O) groups is 2. The number of sulfonamides is 1. The molecule has 1 aromatic carbocycles. The fourth-order valence-electron chi connectivity index (χ4n) is 6.13. The van der Waals surface area contributed by atoms with Gasteiger partial charge in [0.15, 0.2) is 0 Å². The van der Waals surface area contributed by atoms with Crippen molar-refractivity contribution < 1.29 is 18.0 Å². The van der Waals surface area contributed by atoms with E-state index in [9.17, 15) is 18.0 Å². The largest absolute Gasteiger partial charge is 0.354 e. The van der Waals surface area contributed by atoms with E-state index in [2.05, 4.69) is 10.6 Å². The number of hydrogen-bond acceptors (Lipinski definition) is 4. The SMILES string of the molecule is C[C@H](NC(=O)C12CC3CC(CC(C3)C1)C2)C(=O)NCCc1ccc(S(N)(=O)=O)cc1. The molecule has 2 amide bonds. The molecule has 5 rings (SSSR count). The summed E-state index contributed by atoms with van der Waals surface area (Å²) in [6.45, 7) is 2.14. The van der Waals surface area contributed by atoms with Crippen molar-refractivity contribution in [3.05, 3.63) is 29.8 Å². The van der Waals surface area contributed by atoms with Crippen LogP contribution in [0.1, 0.15) is 51.0 Å². The van der Waals surface area contributed by atoms with E-state index in [0.29, 0.717) is 30.7 Å². The summed E-state index contributed by atoms with van der Waals surface area (Å²) in [6, 6.07) is 5.71. The summed E-state index contributed by atoms with van der Waals surface area (Å²) < 4.78 is 22.6. The summed E-state index contributed by atoms with van der Waals surface area (Å²) in [4.78, 5) is 25.6. The lowest BCUT2D eigenvalue weighted by Crippen LogP contribution is -2.56. The van der Waals surface area contributed by atoms with E-state index in [1.165, 1.54) is 31.4 Å². The molecule has 4 fully saturated rings. The number of rotatable bonds is 7. The normalized spacial score (nSPS) is 30.7. The fourth-order valence-corrected chi connectivity index (χ4v) is 6.65. The first-order chi connectivity index (χ1) is 14.1. The topological polar surface area (TPSA) is 118 Å². The van der Waals surface area contributed by atoms with E-state index in [1.54, 1.807) is 19.1 Å². The smallest absolute Gasteiger partial charge is 0.242 e. The first-order valence-electron chi connectivity index (χ1n) is 10.8. The van der Waals surface area contributed by atoms with Gasteiger partial charge in [-0.1, -0.05) is 12.1 Å². The summed E-state index contributed by atoms with van der Waals surface area (Å²) in [6.07, 6.45) is 7.34. The third-order valence-electron chi connectivity index (χ3n) is 7.23. The maximum absolute atomic E-state index is 13.1. The summed E-state index contributed by atoms with van der Waals surface area (Å²) in [5.74, 6) is 1.92. The number of benzene rings is 1. The molecule has 0 aromatic heterocycles. The van der Waals surface area contributed by atoms with Gasteiger partial charge in [0.25, 0.3) is 0 Å². The Morgan fingerprint density at radius 1 is 1.07 bits per heavy atom. The summed E-state index contributed by atoms with van der Waals surface area (Å²) in [5.41, 5.74) is 0.641. The van der Waals surface area contributed by atoms with Crippen molar-refractivity contribution in [1.29, 1.82) is 0 Å². The van der Waals surface area contributed by atoms with Crippen molar-refractivity contribution in [3.63, 3.8) is 0 Å². The number of primary sulfonamides is 1. The van der Waals surface area contributed by atoms with Gasteiger partial charge in [0.1, 0.15) is 6.04 Å². The van der Waals surface area contributed by atoms with Crippen molar-refractivity contribution in [2.45, 2.75) is 62.8 Å². The number of hydrogen-bond donors (Lipinski definition) is 3. The van der Waals surface area contributed by atoms with Crippen LogP contribution in [0, 0.1) is 23.2 Å². The second kappa shape index (κ2) is 7.96. The zero-order chi connectivity index (χ0) is 21.5. The number of nitrogens with one attached hydrogen (secondary N) is 2. The second-order valence-electron chi connectivity index (χ2n) is 9.62. The highest BCUT2D eigenvalue weighted by Gasteiger charge is 2.54. The van der Waals surface area contributed by atoms with Gasteiger partial charge in [-0.25, -0.2) is 13.6 Å². The third kappa shape index (κ3) is 4.39. The summed E-state index contributed by atoms with van der Waals surface area (Å²) >= 11 is 0. The van der Waals surface area contributed by atoms with Gasteiger partial charge in [0.05, 0.1) is 4.90 Å². The predicted octanol–water partition coefficient (Wildman–Crippen LogP) is 1.71. The molecule has 8 heteroatoms. The first-order valence-corrected chi connectivity index (χ1v) is 12.4. The molecule has 4 aliphatic carbocycles. The van der Waals surface area contributed by atoms with Crippen molar-refractivity contribution in [3.8, 4) is 0 Å². The second-order valence-corrected chi connectivity index (χ2v) is 11.2. The van der Waals surface area contributed by atoms with Crippen LogP contribution < -0.4 is 15.8 Å². The van der Waals surface area contributed by atoms with E-state index in [4.69, 9.17) is 5.14 Å². The van der Waals surface area contributed by atoms with Crippen molar-refractivity contribution in [1.82, 2.24) is 10.6 Å². The molecule has 7 nitrogen and oxygen atoms in total. The Balaban J connectivity index is 1.26. The molecule has 4 N–H and O–H groups in total. The third-order valence-corrected chi connectivity index (χ3v) is 8.15. The van der Waals surface area contributed by atoms with Crippen LogP contribution in [0.3, 0.4) is 0 Å². The molecule has 30 heavy (non-hydrogen) atoms. The van der Waals surface area contributed by atoms with E-state index in [0.717, 1.165) is 24.8 Å². The fraction of sp³-hybridized carbons (Fsp3) is 0.636. The number of carbonyl (C=O) groups excluding carboxylic acids is 2. The summed E-state index contributed by atoms with van der Waals surface area (Å²) in [5, 5.41) is 10.9. The van der Waals surface area contributed by atoms with Crippen LogP contribution in [0.2, 0.25) is 0 Å². The van der Waals surface area contributed by atoms with Gasteiger partial charge in [-0.3, -0.25) is 9.59 Å². The molecule has 4 aliphatic rings. The summed E-state index contributed by atoms with van der Waals surface area (Å²) in [7, 11) is -3.70. The van der Waals surface area contributed by atoms with Gasteiger partial charge in [-0.2, -0.15) is 0 Å². The Kier molecular flexibility index (Phi) is 5.66. The van der Waals surface area contributed by atoms with Crippen LogP contribution >= 0.6 is 0 Å². The van der Waals surface area contributed by atoms with Crippen molar-refractivity contribution >= 4 is 21.8 Å². The van der Waals surface area contributed by atoms with Crippen molar-refractivity contribution in [2.75, 3.05) is 6.54 Å². The molecular formula is C22H31N3O4S. The van der Waals surface area contributed by atoms with Crippen LogP contribution in [0.4, 0.5) is 0 Å². The van der Waals surface area contributed by atoms with Gasteiger partial charge in [0, 0.05) is 12.0 Å². The molecule has 0 spiro atoms.